The second-order valence-electron chi connectivity index (χ2n) is 4.31. The van der Waals surface area contributed by atoms with E-state index >= 15 is 0 Å². The van der Waals surface area contributed by atoms with Gasteiger partial charge in [0.15, 0.2) is 0 Å². The molecule has 0 aromatic heterocycles. The van der Waals surface area contributed by atoms with Crippen LogP contribution in [0.3, 0.4) is 0 Å². The summed E-state index contributed by atoms with van der Waals surface area (Å²) in [4.78, 5) is 22.6. The molecule has 0 aliphatic rings. The smallest absolute Gasteiger partial charge is 0.326 e. The summed E-state index contributed by atoms with van der Waals surface area (Å²) in [7, 11) is 0. The van der Waals surface area contributed by atoms with Gasteiger partial charge < -0.3 is 10.4 Å². The molecule has 0 fully saturated rings. The van der Waals surface area contributed by atoms with Crippen molar-refractivity contribution in [1.29, 1.82) is 0 Å². The first-order chi connectivity index (χ1) is 9.13. The van der Waals surface area contributed by atoms with Crippen LogP contribution in [0.5, 0.6) is 0 Å². The number of carbonyl (C=O) groups excluding carboxylic acids is 1. The molecule has 1 atom stereocenters. The van der Waals surface area contributed by atoms with Crippen LogP contribution in [0.2, 0.25) is 0 Å². The van der Waals surface area contributed by atoms with E-state index in [0.717, 1.165) is 5.56 Å². The highest BCUT2D eigenvalue weighted by molar-refractivity contribution is 5.83. The van der Waals surface area contributed by atoms with Gasteiger partial charge in [0.2, 0.25) is 5.91 Å². The Morgan fingerprint density at radius 1 is 1.32 bits per heavy atom. The van der Waals surface area contributed by atoms with E-state index in [2.05, 4.69) is 11.9 Å². The molecule has 1 rings (SSSR count). The Labute approximate surface area is 113 Å². The first-order valence-electron chi connectivity index (χ1n) is 6.30. The Hall–Kier alpha value is -2.10. The molecule has 0 spiro atoms. The van der Waals surface area contributed by atoms with Crippen molar-refractivity contribution in [3.05, 3.63) is 48.6 Å². The van der Waals surface area contributed by atoms with Gasteiger partial charge in [-0.25, -0.2) is 4.79 Å². The van der Waals surface area contributed by atoms with Gasteiger partial charge in [0.05, 0.1) is 0 Å². The van der Waals surface area contributed by atoms with Crippen molar-refractivity contribution in [3.8, 4) is 0 Å². The summed E-state index contributed by atoms with van der Waals surface area (Å²) >= 11 is 0. The topological polar surface area (TPSA) is 66.4 Å². The number of amides is 1. The van der Waals surface area contributed by atoms with Crippen LogP contribution in [-0.2, 0) is 16.0 Å². The Bertz CT molecular complexity index is 428. The highest BCUT2D eigenvalue weighted by Crippen LogP contribution is 2.06. The van der Waals surface area contributed by atoms with Crippen molar-refractivity contribution in [3.63, 3.8) is 0 Å². The Kier molecular flexibility index (Phi) is 6.36. The number of benzene rings is 1. The predicted molar refractivity (Wildman–Crippen MR) is 73.8 cm³/mol. The van der Waals surface area contributed by atoms with E-state index < -0.39 is 12.0 Å². The predicted octanol–water partition coefficient (Wildman–Crippen LogP) is 2.15. The maximum atomic E-state index is 11.5. The third-order valence-corrected chi connectivity index (χ3v) is 2.77. The number of aliphatic carboxylic acids is 1. The van der Waals surface area contributed by atoms with E-state index in [1.807, 2.05) is 30.3 Å². The van der Waals surface area contributed by atoms with Crippen LogP contribution in [0.1, 0.15) is 24.8 Å². The molecule has 0 bridgehead atoms. The summed E-state index contributed by atoms with van der Waals surface area (Å²) < 4.78 is 0. The second kappa shape index (κ2) is 8.08. The maximum Gasteiger partial charge on any atom is 0.326 e. The molecule has 0 aliphatic heterocycles. The number of nitrogens with one attached hydrogen (secondary N) is 1. The van der Waals surface area contributed by atoms with Crippen molar-refractivity contribution >= 4 is 11.9 Å². The minimum atomic E-state index is -0.997. The van der Waals surface area contributed by atoms with E-state index in [0.29, 0.717) is 19.3 Å². The number of hydrogen-bond donors (Lipinski definition) is 2. The molecule has 4 heteroatoms. The van der Waals surface area contributed by atoms with Gasteiger partial charge >= 0.3 is 5.97 Å². The fourth-order valence-corrected chi connectivity index (χ4v) is 1.71. The minimum Gasteiger partial charge on any atom is -0.480 e. The summed E-state index contributed by atoms with van der Waals surface area (Å²) in [6, 6.07) is 8.78. The van der Waals surface area contributed by atoms with Gasteiger partial charge in [0, 0.05) is 6.42 Å². The zero-order valence-corrected chi connectivity index (χ0v) is 10.8. The van der Waals surface area contributed by atoms with Crippen LogP contribution in [-0.4, -0.2) is 23.0 Å². The molecule has 0 radical (unpaired) electrons. The Morgan fingerprint density at radius 2 is 2.00 bits per heavy atom. The molecule has 19 heavy (non-hydrogen) atoms. The SMILES string of the molecule is C=CCCC(=O)NC(CCc1ccccc1)C(=O)O. The van der Waals surface area contributed by atoms with E-state index in [1.54, 1.807) is 6.08 Å². The highest BCUT2D eigenvalue weighted by atomic mass is 16.4. The zero-order chi connectivity index (χ0) is 14.1. The Balaban J connectivity index is 2.47. The van der Waals surface area contributed by atoms with E-state index in [-0.39, 0.29) is 12.3 Å². The normalized spacial score (nSPS) is 11.6. The molecule has 0 saturated heterocycles. The summed E-state index contributed by atoms with van der Waals surface area (Å²) in [5, 5.41) is 11.6. The quantitative estimate of drug-likeness (QED) is 0.705. The molecule has 2 N–H and O–H groups in total. The number of carbonyl (C=O) groups is 2. The third kappa shape index (κ3) is 5.86. The van der Waals surface area contributed by atoms with Crippen LogP contribution in [0, 0.1) is 0 Å². The number of carboxylic acid groups (broad SMARTS) is 1. The molecular formula is C15H19NO3. The molecule has 1 aromatic rings. The van der Waals surface area contributed by atoms with Gasteiger partial charge in [0.1, 0.15) is 6.04 Å². The van der Waals surface area contributed by atoms with Gasteiger partial charge in [-0.15, -0.1) is 6.58 Å². The fraction of sp³-hybridized carbons (Fsp3) is 0.333. The van der Waals surface area contributed by atoms with Crippen LogP contribution in [0.25, 0.3) is 0 Å². The highest BCUT2D eigenvalue weighted by Gasteiger charge is 2.19. The standard InChI is InChI=1S/C15H19NO3/c1-2-3-9-14(17)16-13(15(18)19)11-10-12-7-5-4-6-8-12/h2,4-8,13H,1,3,9-11H2,(H,16,17)(H,18,19). The number of rotatable bonds is 8. The lowest BCUT2D eigenvalue weighted by atomic mass is 10.1. The summed E-state index contributed by atoms with van der Waals surface area (Å²) in [6.45, 7) is 3.53. The van der Waals surface area contributed by atoms with Crippen molar-refractivity contribution < 1.29 is 14.7 Å². The van der Waals surface area contributed by atoms with Crippen LogP contribution < -0.4 is 5.32 Å². The average Bonchev–Trinajstić information content (AvgIpc) is 2.42. The number of aryl methyl sites for hydroxylation is 1. The lowest BCUT2D eigenvalue weighted by Crippen LogP contribution is -2.40. The van der Waals surface area contributed by atoms with Crippen LogP contribution in [0.4, 0.5) is 0 Å². The minimum absolute atomic E-state index is 0.250. The van der Waals surface area contributed by atoms with E-state index in [1.165, 1.54) is 0 Å². The molecule has 102 valence electrons. The molecular weight excluding hydrogens is 242 g/mol. The molecule has 1 unspecified atom stereocenters. The van der Waals surface area contributed by atoms with Gasteiger partial charge in [-0.3, -0.25) is 4.79 Å². The lowest BCUT2D eigenvalue weighted by molar-refractivity contribution is -0.142. The van der Waals surface area contributed by atoms with Gasteiger partial charge in [-0.1, -0.05) is 36.4 Å². The lowest BCUT2D eigenvalue weighted by Gasteiger charge is -2.14. The number of hydrogen-bond acceptors (Lipinski definition) is 2. The van der Waals surface area contributed by atoms with Gasteiger partial charge in [-0.05, 0) is 24.8 Å². The summed E-state index contributed by atoms with van der Waals surface area (Å²) in [5.74, 6) is -1.25. The van der Waals surface area contributed by atoms with Crippen molar-refractivity contribution in [2.75, 3.05) is 0 Å². The van der Waals surface area contributed by atoms with Gasteiger partial charge in [-0.2, -0.15) is 0 Å². The summed E-state index contributed by atoms with van der Waals surface area (Å²) in [6.07, 6.45) is 3.48. The number of allylic oxidation sites excluding steroid dienone is 1. The monoisotopic (exact) mass is 261 g/mol. The van der Waals surface area contributed by atoms with Crippen LogP contribution in [0.15, 0.2) is 43.0 Å². The zero-order valence-electron chi connectivity index (χ0n) is 10.8. The van der Waals surface area contributed by atoms with Crippen molar-refractivity contribution in [1.82, 2.24) is 5.32 Å². The van der Waals surface area contributed by atoms with E-state index in [9.17, 15) is 9.59 Å². The maximum absolute atomic E-state index is 11.5. The first-order valence-corrected chi connectivity index (χ1v) is 6.30. The Morgan fingerprint density at radius 3 is 2.58 bits per heavy atom. The second-order valence-corrected chi connectivity index (χ2v) is 4.31. The van der Waals surface area contributed by atoms with Gasteiger partial charge in [0.25, 0.3) is 0 Å². The molecule has 1 amide bonds. The average molecular weight is 261 g/mol. The first kappa shape index (κ1) is 15.0. The molecule has 0 aliphatic carbocycles. The largest absolute Gasteiger partial charge is 0.480 e. The molecule has 4 nitrogen and oxygen atoms in total. The third-order valence-electron chi connectivity index (χ3n) is 2.77. The molecule has 0 heterocycles. The number of carboxylic acids is 1. The molecule has 1 aromatic carbocycles. The summed E-state index contributed by atoms with van der Waals surface area (Å²) in [5.41, 5.74) is 1.06. The van der Waals surface area contributed by atoms with Crippen molar-refractivity contribution in [2.45, 2.75) is 31.7 Å². The fourth-order valence-electron chi connectivity index (χ4n) is 1.71. The molecule has 0 saturated carbocycles. The van der Waals surface area contributed by atoms with Crippen LogP contribution >= 0.6 is 0 Å². The van der Waals surface area contributed by atoms with E-state index in [4.69, 9.17) is 5.11 Å². The van der Waals surface area contributed by atoms with Crippen molar-refractivity contribution in [2.24, 2.45) is 0 Å².